The summed E-state index contributed by atoms with van der Waals surface area (Å²) in [7, 11) is 0. The Morgan fingerprint density at radius 1 is 1.22 bits per heavy atom. The Balaban J connectivity index is 2.09. The smallest absolute Gasteiger partial charge is 0.246 e. The van der Waals surface area contributed by atoms with E-state index in [1.807, 2.05) is 0 Å². The highest BCUT2D eigenvalue weighted by molar-refractivity contribution is 5.95. The fraction of sp³-hybridized carbons (Fsp3) is 0.857. The second kappa shape index (κ2) is 5.29. The van der Waals surface area contributed by atoms with Crippen molar-refractivity contribution in [2.24, 2.45) is 5.92 Å². The summed E-state index contributed by atoms with van der Waals surface area (Å²) in [4.78, 5) is 28.2. The molecule has 0 aromatic rings. The summed E-state index contributed by atoms with van der Waals surface area (Å²) in [5.74, 6) is 0.852. The number of carbonyl (C=O) groups excluding carboxylic acids is 2. The summed E-state index contributed by atoms with van der Waals surface area (Å²) in [5, 5.41) is 0. The molecule has 102 valence electrons. The molecule has 2 atom stereocenters. The monoisotopic (exact) mass is 252 g/mol. The van der Waals surface area contributed by atoms with Gasteiger partial charge in [0.05, 0.1) is 0 Å². The lowest BCUT2D eigenvalue weighted by atomic mass is 9.96. The van der Waals surface area contributed by atoms with Crippen LogP contribution >= 0.6 is 0 Å². The van der Waals surface area contributed by atoms with Gasteiger partial charge in [-0.2, -0.15) is 0 Å². The molecule has 0 radical (unpaired) electrons. The number of nitrogens with zero attached hydrogens (tertiary/aromatic N) is 2. The minimum Gasteiger partial charge on any atom is -0.329 e. The van der Waals surface area contributed by atoms with Gasteiger partial charge in [-0.25, -0.2) is 0 Å². The topological polar surface area (TPSA) is 40.6 Å². The second-order valence-corrected chi connectivity index (χ2v) is 6.04. The molecule has 2 aliphatic rings. The number of hydrogen-bond donors (Lipinski definition) is 0. The molecule has 2 amide bonds. The van der Waals surface area contributed by atoms with E-state index in [-0.39, 0.29) is 30.4 Å². The van der Waals surface area contributed by atoms with Crippen molar-refractivity contribution in [3.8, 4) is 0 Å². The van der Waals surface area contributed by atoms with Crippen LogP contribution in [0.15, 0.2) is 0 Å². The lowest BCUT2D eigenvalue weighted by molar-refractivity contribution is -0.160. The van der Waals surface area contributed by atoms with Crippen LogP contribution in [0, 0.1) is 5.92 Å². The average Bonchev–Trinajstić information content (AvgIpc) is 2.33. The van der Waals surface area contributed by atoms with Gasteiger partial charge in [-0.1, -0.05) is 13.8 Å². The van der Waals surface area contributed by atoms with Crippen LogP contribution in [0.1, 0.15) is 46.5 Å². The second-order valence-electron chi connectivity index (χ2n) is 6.04. The van der Waals surface area contributed by atoms with Crippen molar-refractivity contribution in [1.29, 1.82) is 0 Å². The zero-order valence-corrected chi connectivity index (χ0v) is 11.7. The van der Waals surface area contributed by atoms with Crippen LogP contribution in [0.2, 0.25) is 0 Å². The lowest BCUT2D eigenvalue weighted by Gasteiger charge is -2.45. The van der Waals surface area contributed by atoms with E-state index in [0.717, 1.165) is 32.2 Å². The Kier molecular flexibility index (Phi) is 3.93. The molecule has 0 aromatic carbocycles. The molecule has 4 heteroatoms. The largest absolute Gasteiger partial charge is 0.329 e. The van der Waals surface area contributed by atoms with E-state index >= 15 is 0 Å². The molecule has 0 aromatic heterocycles. The van der Waals surface area contributed by atoms with Crippen molar-refractivity contribution >= 4 is 11.8 Å². The summed E-state index contributed by atoms with van der Waals surface area (Å²) in [6.45, 7) is 7.41. The van der Waals surface area contributed by atoms with Gasteiger partial charge in [0.2, 0.25) is 11.8 Å². The molecule has 18 heavy (non-hydrogen) atoms. The van der Waals surface area contributed by atoms with Crippen molar-refractivity contribution < 1.29 is 9.59 Å². The third kappa shape index (κ3) is 2.52. The number of piperazine rings is 1. The number of carbonyl (C=O) groups is 2. The van der Waals surface area contributed by atoms with E-state index in [0.29, 0.717) is 5.92 Å². The van der Waals surface area contributed by atoms with Gasteiger partial charge in [0.15, 0.2) is 0 Å². The molecule has 2 heterocycles. The summed E-state index contributed by atoms with van der Waals surface area (Å²) < 4.78 is 0. The van der Waals surface area contributed by atoms with Crippen molar-refractivity contribution in [3.63, 3.8) is 0 Å². The molecule has 0 bridgehead atoms. The first-order valence-corrected chi connectivity index (χ1v) is 7.10. The molecule has 0 spiro atoms. The minimum atomic E-state index is -0.172. The summed E-state index contributed by atoms with van der Waals surface area (Å²) >= 11 is 0. The first kappa shape index (κ1) is 13.4. The molecule has 4 nitrogen and oxygen atoms in total. The number of hydrogen-bond acceptors (Lipinski definition) is 2. The summed E-state index contributed by atoms with van der Waals surface area (Å²) in [6, 6.07) is 0.000128. The van der Waals surface area contributed by atoms with Crippen LogP contribution in [-0.2, 0) is 9.59 Å². The van der Waals surface area contributed by atoms with E-state index in [2.05, 4.69) is 20.8 Å². The molecule has 0 aliphatic carbocycles. The highest BCUT2D eigenvalue weighted by atomic mass is 16.2. The molecule has 0 N–H and O–H groups in total. The zero-order valence-electron chi connectivity index (χ0n) is 11.7. The predicted molar refractivity (Wildman–Crippen MR) is 70.0 cm³/mol. The molecule has 0 saturated carbocycles. The Bertz CT molecular complexity index is 341. The first-order chi connectivity index (χ1) is 8.50. The normalized spacial score (nSPS) is 26.6. The van der Waals surface area contributed by atoms with E-state index in [4.69, 9.17) is 0 Å². The van der Waals surface area contributed by atoms with Crippen LogP contribution in [-0.4, -0.2) is 46.8 Å². The molecule has 2 fully saturated rings. The Hall–Kier alpha value is -1.06. The summed E-state index contributed by atoms with van der Waals surface area (Å²) in [5.41, 5.74) is 0. The van der Waals surface area contributed by atoms with E-state index in [1.165, 1.54) is 0 Å². The minimum absolute atomic E-state index is 0.134. The standard InChI is InChI=1S/C14H24N2O2/c1-10(2)8-11(3)16-9-13(17)15-7-5-4-6-12(15)14(16)18/h10-12H,4-9H2,1-3H3. The van der Waals surface area contributed by atoms with Crippen molar-refractivity contribution in [2.75, 3.05) is 13.1 Å². The maximum Gasteiger partial charge on any atom is 0.246 e. The number of amides is 2. The van der Waals surface area contributed by atoms with Crippen LogP contribution in [0.3, 0.4) is 0 Å². The van der Waals surface area contributed by atoms with Crippen LogP contribution < -0.4 is 0 Å². The quantitative estimate of drug-likeness (QED) is 0.766. The highest BCUT2D eigenvalue weighted by Gasteiger charge is 2.41. The Morgan fingerprint density at radius 2 is 1.94 bits per heavy atom. The Morgan fingerprint density at radius 3 is 2.61 bits per heavy atom. The molecule has 2 unspecified atom stereocenters. The third-order valence-corrected chi connectivity index (χ3v) is 4.04. The third-order valence-electron chi connectivity index (χ3n) is 4.04. The summed E-state index contributed by atoms with van der Waals surface area (Å²) in [6.07, 6.45) is 3.91. The SMILES string of the molecule is CC(C)CC(C)N1CC(=O)N2CCCCC2C1=O. The number of piperidine rings is 1. The fourth-order valence-corrected chi connectivity index (χ4v) is 3.18. The van der Waals surface area contributed by atoms with Gasteiger partial charge in [0, 0.05) is 12.6 Å². The number of rotatable bonds is 3. The fourth-order valence-electron chi connectivity index (χ4n) is 3.18. The van der Waals surface area contributed by atoms with Gasteiger partial charge in [-0.05, 0) is 38.5 Å². The molecular formula is C14H24N2O2. The Labute approximate surface area is 109 Å². The van der Waals surface area contributed by atoms with Gasteiger partial charge < -0.3 is 9.80 Å². The molecule has 2 rings (SSSR count). The maximum absolute atomic E-state index is 12.5. The maximum atomic E-state index is 12.5. The van der Waals surface area contributed by atoms with Gasteiger partial charge in [-0.15, -0.1) is 0 Å². The lowest BCUT2D eigenvalue weighted by Crippen LogP contribution is -2.63. The van der Waals surface area contributed by atoms with Gasteiger partial charge in [0.1, 0.15) is 12.6 Å². The average molecular weight is 252 g/mol. The van der Waals surface area contributed by atoms with E-state index in [1.54, 1.807) is 9.80 Å². The van der Waals surface area contributed by atoms with Crippen molar-refractivity contribution in [3.05, 3.63) is 0 Å². The molecule has 2 aliphatic heterocycles. The van der Waals surface area contributed by atoms with Gasteiger partial charge in [-0.3, -0.25) is 9.59 Å². The van der Waals surface area contributed by atoms with Crippen molar-refractivity contribution in [1.82, 2.24) is 9.80 Å². The van der Waals surface area contributed by atoms with Gasteiger partial charge >= 0.3 is 0 Å². The van der Waals surface area contributed by atoms with Crippen LogP contribution in [0.4, 0.5) is 0 Å². The zero-order chi connectivity index (χ0) is 13.3. The molecular weight excluding hydrogens is 228 g/mol. The predicted octanol–water partition coefficient (Wildman–Crippen LogP) is 1.64. The van der Waals surface area contributed by atoms with Gasteiger partial charge in [0.25, 0.3) is 0 Å². The number of fused-ring (bicyclic) bond motifs is 1. The molecule has 2 saturated heterocycles. The van der Waals surface area contributed by atoms with Crippen LogP contribution in [0.5, 0.6) is 0 Å². The highest BCUT2D eigenvalue weighted by Crippen LogP contribution is 2.25. The van der Waals surface area contributed by atoms with Crippen molar-refractivity contribution in [2.45, 2.75) is 58.5 Å². The van der Waals surface area contributed by atoms with Crippen LogP contribution in [0.25, 0.3) is 0 Å². The van der Waals surface area contributed by atoms with E-state index in [9.17, 15) is 9.59 Å². The first-order valence-electron chi connectivity index (χ1n) is 7.10. The van der Waals surface area contributed by atoms with E-state index < -0.39 is 0 Å².